The van der Waals surface area contributed by atoms with Crippen LogP contribution in [0.5, 0.6) is 0 Å². The molecule has 0 atom stereocenters. The van der Waals surface area contributed by atoms with Gasteiger partial charge in [-0.25, -0.2) is 9.59 Å². The summed E-state index contributed by atoms with van der Waals surface area (Å²) in [6.45, 7) is 3.58. The van der Waals surface area contributed by atoms with E-state index in [4.69, 9.17) is 5.11 Å². The van der Waals surface area contributed by atoms with Crippen LogP contribution in [0, 0.1) is 13.8 Å². The number of aryl methyl sites for hydroxylation is 2. The number of aliphatic imine (C=N–C) groups is 1. The second-order valence-corrected chi connectivity index (χ2v) is 6.81. The quantitative estimate of drug-likeness (QED) is 0.460. The van der Waals surface area contributed by atoms with Gasteiger partial charge in [-0.1, -0.05) is 18.2 Å². The Labute approximate surface area is 172 Å². The molecule has 1 heterocycles. The molecule has 0 aliphatic rings. The number of Topliss-reactive ketones (excluding diaryl/α,β-unsaturated/α-hetero) is 1. The van der Waals surface area contributed by atoms with Gasteiger partial charge in [-0.2, -0.15) is 0 Å². The van der Waals surface area contributed by atoms with Crippen LogP contribution in [-0.4, -0.2) is 45.3 Å². The fourth-order valence-corrected chi connectivity index (χ4v) is 3.20. The van der Waals surface area contributed by atoms with Gasteiger partial charge in [0.25, 0.3) is 0 Å². The number of rotatable bonds is 7. The Hall–Kier alpha value is -4.00. The molecule has 0 fully saturated rings. The van der Waals surface area contributed by atoms with Crippen LogP contribution in [0.15, 0.2) is 59.6 Å². The molecule has 0 aliphatic carbocycles. The van der Waals surface area contributed by atoms with Gasteiger partial charge in [-0.15, -0.1) is 0 Å². The minimum absolute atomic E-state index is 0.0999. The number of benzene rings is 2. The third-order valence-electron chi connectivity index (χ3n) is 4.67. The van der Waals surface area contributed by atoms with E-state index in [9.17, 15) is 19.5 Å². The Bertz CT molecular complexity index is 1150. The fraction of sp³-hybridized carbons (Fsp3) is 0.130. The van der Waals surface area contributed by atoms with Crippen molar-refractivity contribution in [3.8, 4) is 5.69 Å². The second-order valence-electron chi connectivity index (χ2n) is 6.81. The number of ketones is 1. The molecule has 0 bridgehead atoms. The van der Waals surface area contributed by atoms with Crippen LogP contribution in [-0.2, 0) is 0 Å². The lowest BCUT2D eigenvalue weighted by atomic mass is 10.0. The summed E-state index contributed by atoms with van der Waals surface area (Å²) in [7, 11) is 0. The van der Waals surface area contributed by atoms with Crippen LogP contribution in [0.4, 0.5) is 0 Å². The van der Waals surface area contributed by atoms with Crippen LogP contribution >= 0.6 is 0 Å². The number of carbonyl (C=O) groups is 3. The van der Waals surface area contributed by atoms with E-state index in [1.807, 2.05) is 26.0 Å². The van der Waals surface area contributed by atoms with Crippen LogP contribution in [0.3, 0.4) is 0 Å². The zero-order valence-corrected chi connectivity index (χ0v) is 16.5. The van der Waals surface area contributed by atoms with Crippen LogP contribution < -0.4 is 0 Å². The van der Waals surface area contributed by atoms with E-state index in [0.717, 1.165) is 11.4 Å². The maximum atomic E-state index is 12.6. The number of hydrogen-bond acceptors (Lipinski definition) is 4. The molecule has 7 nitrogen and oxygen atoms in total. The average Bonchev–Trinajstić information content (AvgIpc) is 3.05. The Balaban J connectivity index is 1.86. The molecule has 0 saturated carbocycles. The smallest absolute Gasteiger partial charge is 0.337 e. The van der Waals surface area contributed by atoms with Crippen LogP contribution in [0.25, 0.3) is 5.69 Å². The average molecular weight is 404 g/mol. The number of carboxylic acid groups (broad SMARTS) is 2. The van der Waals surface area contributed by atoms with Gasteiger partial charge in [0.05, 0.1) is 16.8 Å². The molecule has 2 aromatic carbocycles. The molecule has 152 valence electrons. The Kier molecular flexibility index (Phi) is 5.92. The summed E-state index contributed by atoms with van der Waals surface area (Å²) < 4.78 is 1.79. The summed E-state index contributed by atoms with van der Waals surface area (Å²) >= 11 is 0. The van der Waals surface area contributed by atoms with E-state index in [2.05, 4.69) is 4.99 Å². The summed E-state index contributed by atoms with van der Waals surface area (Å²) in [4.78, 5) is 39.4. The monoisotopic (exact) mass is 404 g/mol. The Morgan fingerprint density at radius 1 is 0.900 bits per heavy atom. The van der Waals surface area contributed by atoms with Gasteiger partial charge in [0.2, 0.25) is 0 Å². The lowest BCUT2D eigenvalue weighted by Crippen LogP contribution is -2.11. The molecule has 0 aliphatic heterocycles. The molecule has 30 heavy (non-hydrogen) atoms. The predicted octanol–water partition coefficient (Wildman–Crippen LogP) is 3.79. The van der Waals surface area contributed by atoms with Gasteiger partial charge in [0.1, 0.15) is 6.54 Å². The third-order valence-corrected chi connectivity index (χ3v) is 4.67. The van der Waals surface area contributed by atoms with Crippen molar-refractivity contribution in [3.05, 3.63) is 88.2 Å². The number of carboxylic acids is 2. The first kappa shape index (κ1) is 20.7. The predicted molar refractivity (Wildman–Crippen MR) is 112 cm³/mol. The first-order valence-electron chi connectivity index (χ1n) is 9.17. The summed E-state index contributed by atoms with van der Waals surface area (Å²) in [6, 6.07) is 14.5. The highest BCUT2D eigenvalue weighted by atomic mass is 16.4. The maximum Gasteiger partial charge on any atom is 0.337 e. The van der Waals surface area contributed by atoms with Crippen molar-refractivity contribution in [1.82, 2.24) is 4.57 Å². The molecule has 0 unspecified atom stereocenters. The number of aromatic nitrogens is 1. The molecule has 3 aromatic rings. The third kappa shape index (κ3) is 4.35. The van der Waals surface area contributed by atoms with Crippen molar-refractivity contribution in [3.63, 3.8) is 0 Å². The normalized spacial score (nSPS) is 11.0. The highest BCUT2D eigenvalue weighted by molar-refractivity contribution is 6.01. The summed E-state index contributed by atoms with van der Waals surface area (Å²) in [5, 5.41) is 18.6. The van der Waals surface area contributed by atoms with Crippen LogP contribution in [0.2, 0.25) is 0 Å². The van der Waals surface area contributed by atoms with Crippen molar-refractivity contribution in [2.24, 2.45) is 4.99 Å². The van der Waals surface area contributed by atoms with E-state index in [1.54, 1.807) is 22.8 Å². The van der Waals surface area contributed by atoms with Gasteiger partial charge >= 0.3 is 11.9 Å². The van der Waals surface area contributed by atoms with E-state index >= 15 is 0 Å². The summed E-state index contributed by atoms with van der Waals surface area (Å²) in [5.41, 5.74) is 3.29. The van der Waals surface area contributed by atoms with E-state index in [-0.39, 0.29) is 23.5 Å². The van der Waals surface area contributed by atoms with Crippen molar-refractivity contribution in [1.29, 1.82) is 0 Å². The Morgan fingerprint density at radius 3 is 2.23 bits per heavy atom. The maximum absolute atomic E-state index is 12.6. The van der Waals surface area contributed by atoms with Crippen molar-refractivity contribution in [2.75, 3.05) is 6.54 Å². The standard InChI is InChI=1S/C23H20N2O5/c1-14-6-7-15(2)25(14)20-11-17(8-9-19(20)23(29)30)21(26)13-24-12-16-4-3-5-18(10-16)22(27)28/h3-12H,13H2,1-2H3,(H,27,28)(H,29,30). The van der Waals surface area contributed by atoms with Gasteiger partial charge in [-0.05, 0) is 55.8 Å². The molecule has 7 heteroatoms. The Morgan fingerprint density at radius 2 is 1.60 bits per heavy atom. The number of aromatic carboxylic acids is 2. The first-order valence-corrected chi connectivity index (χ1v) is 9.17. The zero-order valence-electron chi connectivity index (χ0n) is 16.5. The van der Waals surface area contributed by atoms with Crippen molar-refractivity contribution >= 4 is 23.9 Å². The number of hydrogen-bond donors (Lipinski definition) is 2. The minimum Gasteiger partial charge on any atom is -0.478 e. The zero-order chi connectivity index (χ0) is 21.8. The molecular weight excluding hydrogens is 384 g/mol. The lowest BCUT2D eigenvalue weighted by Gasteiger charge is -2.14. The molecule has 0 saturated heterocycles. The van der Waals surface area contributed by atoms with Gasteiger partial charge in [0.15, 0.2) is 5.78 Å². The van der Waals surface area contributed by atoms with Crippen molar-refractivity contribution < 1.29 is 24.6 Å². The van der Waals surface area contributed by atoms with E-state index < -0.39 is 11.9 Å². The molecule has 0 spiro atoms. The molecular formula is C23H20N2O5. The van der Waals surface area contributed by atoms with Gasteiger partial charge in [0, 0.05) is 23.2 Å². The van der Waals surface area contributed by atoms with E-state index in [1.165, 1.54) is 30.5 Å². The largest absolute Gasteiger partial charge is 0.478 e. The molecule has 0 amide bonds. The molecule has 3 rings (SSSR count). The highest BCUT2D eigenvalue weighted by Crippen LogP contribution is 2.22. The van der Waals surface area contributed by atoms with E-state index in [0.29, 0.717) is 16.8 Å². The number of nitrogens with zero attached hydrogens (tertiary/aromatic N) is 2. The van der Waals surface area contributed by atoms with Crippen molar-refractivity contribution in [2.45, 2.75) is 13.8 Å². The van der Waals surface area contributed by atoms with Gasteiger partial charge in [-0.3, -0.25) is 9.79 Å². The number of carbonyl (C=O) groups excluding carboxylic acids is 1. The molecule has 0 radical (unpaired) electrons. The topological polar surface area (TPSA) is 109 Å². The summed E-state index contributed by atoms with van der Waals surface area (Å²) in [6.07, 6.45) is 1.44. The first-order chi connectivity index (χ1) is 14.3. The fourth-order valence-electron chi connectivity index (χ4n) is 3.20. The summed E-state index contributed by atoms with van der Waals surface area (Å²) in [5.74, 6) is -2.39. The lowest BCUT2D eigenvalue weighted by molar-refractivity contribution is 0.0686. The SMILES string of the molecule is Cc1ccc(C)n1-c1cc(C(=O)CN=Cc2cccc(C(=O)O)c2)ccc1C(=O)O. The highest BCUT2D eigenvalue weighted by Gasteiger charge is 2.17. The minimum atomic E-state index is -1.08. The second kappa shape index (κ2) is 8.57. The molecule has 1 aromatic heterocycles. The van der Waals surface area contributed by atoms with Gasteiger partial charge < -0.3 is 14.8 Å². The molecule has 2 N–H and O–H groups in total. The van der Waals surface area contributed by atoms with Crippen LogP contribution in [0.1, 0.15) is 48.0 Å².